The molecule has 29 heavy (non-hydrogen) atoms. The van der Waals surface area contributed by atoms with Gasteiger partial charge < -0.3 is 21.3 Å². The lowest BCUT2D eigenvalue weighted by Gasteiger charge is -2.26. The summed E-state index contributed by atoms with van der Waals surface area (Å²) in [5.74, 6) is 0.358. The predicted octanol–water partition coefficient (Wildman–Crippen LogP) is 1.45. The smallest absolute Gasteiger partial charge is 0.244 e. The van der Waals surface area contributed by atoms with E-state index >= 15 is 0 Å². The van der Waals surface area contributed by atoms with Crippen molar-refractivity contribution in [1.82, 2.24) is 21.3 Å². The third-order valence-corrected chi connectivity index (χ3v) is 5.90. The lowest BCUT2D eigenvalue weighted by molar-refractivity contribution is -0.131. The van der Waals surface area contributed by atoms with Crippen LogP contribution in [0.2, 0.25) is 0 Å². The first-order valence-corrected chi connectivity index (χ1v) is 11.2. The fraction of sp³-hybridized carbons (Fsp3) is 0.571. The molecule has 0 saturated carbocycles. The number of nitrogens with one attached hydrogen (secondary N) is 4. The number of allylic oxidation sites excluding steroid dienone is 3. The second kappa shape index (κ2) is 12.5. The van der Waals surface area contributed by atoms with E-state index in [0.29, 0.717) is 6.42 Å². The van der Waals surface area contributed by atoms with Gasteiger partial charge in [-0.3, -0.25) is 14.4 Å². The summed E-state index contributed by atoms with van der Waals surface area (Å²) in [5, 5.41) is 13.6. The molecule has 2 aliphatic rings. The molecule has 0 radical (unpaired) electrons. The van der Waals surface area contributed by atoms with Gasteiger partial charge in [0.1, 0.15) is 6.04 Å². The van der Waals surface area contributed by atoms with Crippen molar-refractivity contribution in [2.75, 3.05) is 25.5 Å². The Morgan fingerprint density at radius 1 is 1.21 bits per heavy atom. The third-order valence-electron chi connectivity index (χ3n) is 5.04. The molecule has 8 heteroatoms. The number of thioether (sulfide) groups is 1. The Morgan fingerprint density at radius 3 is 2.69 bits per heavy atom. The third kappa shape index (κ3) is 8.45. The van der Waals surface area contributed by atoms with Crippen LogP contribution in [0.15, 0.2) is 35.3 Å². The normalized spacial score (nSPS) is 25.2. The van der Waals surface area contributed by atoms with E-state index in [4.69, 9.17) is 0 Å². The number of hydrogen-bond acceptors (Lipinski definition) is 5. The first-order chi connectivity index (χ1) is 14.0. The molecule has 1 unspecified atom stereocenters. The number of carbonyl (C=O) groups is 3. The van der Waals surface area contributed by atoms with Crippen LogP contribution in [0.3, 0.4) is 0 Å². The Bertz CT molecular complexity index is 669. The van der Waals surface area contributed by atoms with Gasteiger partial charge in [-0.05, 0) is 43.7 Å². The number of amides is 3. The van der Waals surface area contributed by atoms with E-state index in [1.165, 1.54) is 6.92 Å². The molecule has 0 bridgehead atoms. The van der Waals surface area contributed by atoms with Crippen molar-refractivity contribution >= 4 is 29.5 Å². The van der Waals surface area contributed by atoms with Crippen LogP contribution in [0.25, 0.3) is 0 Å². The Kier molecular flexibility index (Phi) is 10.0. The summed E-state index contributed by atoms with van der Waals surface area (Å²) >= 11 is 1.68. The lowest BCUT2D eigenvalue weighted by atomic mass is 9.93. The van der Waals surface area contributed by atoms with Crippen LogP contribution in [0.4, 0.5) is 0 Å². The minimum absolute atomic E-state index is 0.0427. The van der Waals surface area contributed by atoms with Crippen LogP contribution in [-0.4, -0.2) is 49.3 Å². The van der Waals surface area contributed by atoms with Gasteiger partial charge in [0.15, 0.2) is 0 Å². The summed E-state index contributed by atoms with van der Waals surface area (Å²) < 4.78 is 0. The minimum Gasteiger partial charge on any atom is -0.344 e. The van der Waals surface area contributed by atoms with Gasteiger partial charge in [-0.25, -0.2) is 0 Å². The molecule has 3 amide bonds. The van der Waals surface area contributed by atoms with Crippen LogP contribution in [0.1, 0.15) is 33.1 Å². The van der Waals surface area contributed by atoms with Crippen molar-refractivity contribution in [3.63, 3.8) is 0 Å². The van der Waals surface area contributed by atoms with Gasteiger partial charge >= 0.3 is 0 Å². The van der Waals surface area contributed by atoms with Crippen molar-refractivity contribution in [1.29, 1.82) is 0 Å². The molecule has 1 fully saturated rings. The van der Waals surface area contributed by atoms with E-state index in [1.54, 1.807) is 11.8 Å². The largest absolute Gasteiger partial charge is 0.344 e. The van der Waals surface area contributed by atoms with Gasteiger partial charge in [0.25, 0.3) is 0 Å². The van der Waals surface area contributed by atoms with Gasteiger partial charge in [0, 0.05) is 18.6 Å². The molecular weight excluding hydrogens is 388 g/mol. The SMILES string of the molecule is CC(=O)NCNC(=O)[C@@H](C/C1=C/SC/C=C\C=C/C1C)NC(=O)C1CCNCC1. The molecule has 160 valence electrons. The summed E-state index contributed by atoms with van der Waals surface area (Å²) in [7, 11) is 0. The number of rotatable bonds is 7. The van der Waals surface area contributed by atoms with Gasteiger partial charge in [-0.2, -0.15) is 0 Å². The van der Waals surface area contributed by atoms with E-state index in [9.17, 15) is 14.4 Å². The molecule has 2 rings (SSSR count). The molecular formula is C21H32N4O3S. The van der Waals surface area contributed by atoms with Gasteiger partial charge in [0.2, 0.25) is 17.7 Å². The fourth-order valence-corrected chi connectivity index (χ4v) is 4.08. The van der Waals surface area contributed by atoms with Crippen molar-refractivity contribution in [2.45, 2.75) is 39.2 Å². The summed E-state index contributed by atoms with van der Waals surface area (Å²) in [6.07, 6.45) is 10.2. The van der Waals surface area contributed by atoms with Crippen molar-refractivity contribution in [3.05, 3.63) is 35.3 Å². The molecule has 1 saturated heterocycles. The molecule has 2 aliphatic heterocycles. The Hall–Kier alpha value is -2.06. The zero-order valence-corrected chi connectivity index (χ0v) is 18.0. The minimum atomic E-state index is -0.678. The molecule has 0 aromatic rings. The Morgan fingerprint density at radius 2 is 1.97 bits per heavy atom. The van der Waals surface area contributed by atoms with E-state index < -0.39 is 6.04 Å². The number of carbonyl (C=O) groups excluding carboxylic acids is 3. The quantitative estimate of drug-likeness (QED) is 0.467. The predicted molar refractivity (Wildman–Crippen MR) is 117 cm³/mol. The van der Waals surface area contributed by atoms with Crippen molar-refractivity contribution in [2.24, 2.45) is 11.8 Å². The summed E-state index contributed by atoms with van der Waals surface area (Å²) in [6, 6.07) is -0.678. The average molecular weight is 421 g/mol. The molecule has 7 nitrogen and oxygen atoms in total. The van der Waals surface area contributed by atoms with Crippen LogP contribution in [0, 0.1) is 11.8 Å². The molecule has 0 spiro atoms. The maximum atomic E-state index is 12.8. The molecule has 0 aromatic carbocycles. The molecule has 0 aliphatic carbocycles. The maximum absolute atomic E-state index is 12.8. The highest BCUT2D eigenvalue weighted by Gasteiger charge is 2.28. The Labute approximate surface area is 177 Å². The second-order valence-corrected chi connectivity index (χ2v) is 8.27. The molecule has 4 N–H and O–H groups in total. The highest BCUT2D eigenvalue weighted by atomic mass is 32.2. The Balaban J connectivity index is 2.08. The van der Waals surface area contributed by atoms with E-state index in [1.807, 2.05) is 12.2 Å². The van der Waals surface area contributed by atoms with Crippen LogP contribution in [0.5, 0.6) is 0 Å². The van der Waals surface area contributed by atoms with Gasteiger partial charge in [0.05, 0.1) is 6.67 Å². The first kappa shape index (κ1) is 23.2. The monoisotopic (exact) mass is 420 g/mol. The molecule has 0 aromatic heterocycles. The van der Waals surface area contributed by atoms with E-state index in [2.05, 4.69) is 45.8 Å². The maximum Gasteiger partial charge on any atom is 0.244 e. The molecule has 2 heterocycles. The fourth-order valence-electron chi connectivity index (χ4n) is 3.24. The topological polar surface area (TPSA) is 99.3 Å². The zero-order chi connectivity index (χ0) is 21.1. The molecule has 2 atom stereocenters. The van der Waals surface area contributed by atoms with E-state index in [0.717, 1.165) is 37.3 Å². The van der Waals surface area contributed by atoms with Gasteiger partial charge in [-0.15, -0.1) is 11.8 Å². The zero-order valence-electron chi connectivity index (χ0n) is 17.2. The summed E-state index contributed by atoms with van der Waals surface area (Å²) in [6.45, 7) is 5.15. The highest BCUT2D eigenvalue weighted by Crippen LogP contribution is 2.24. The number of hydrogen-bond donors (Lipinski definition) is 4. The van der Waals surface area contributed by atoms with Crippen LogP contribution < -0.4 is 21.3 Å². The van der Waals surface area contributed by atoms with Gasteiger partial charge in [-0.1, -0.05) is 36.8 Å². The first-order valence-electron chi connectivity index (χ1n) is 10.1. The van der Waals surface area contributed by atoms with E-state index in [-0.39, 0.29) is 36.2 Å². The lowest BCUT2D eigenvalue weighted by Crippen LogP contribution is -2.51. The second-order valence-electron chi connectivity index (χ2n) is 7.37. The number of piperidine rings is 1. The summed E-state index contributed by atoms with van der Waals surface area (Å²) in [4.78, 5) is 36.6. The van der Waals surface area contributed by atoms with Crippen LogP contribution in [-0.2, 0) is 14.4 Å². The average Bonchev–Trinajstić information content (AvgIpc) is 2.80. The van der Waals surface area contributed by atoms with Crippen LogP contribution >= 0.6 is 11.8 Å². The summed E-state index contributed by atoms with van der Waals surface area (Å²) in [5.41, 5.74) is 1.10. The van der Waals surface area contributed by atoms with Crippen molar-refractivity contribution < 1.29 is 14.4 Å². The standard InChI is InChI=1S/C21H32N4O3S/c1-15-6-4-3-5-11-29-13-18(15)12-19(21(28)24-14-23-16(2)26)25-20(27)17-7-9-22-10-8-17/h3-6,13,15,17,19,22H,7-12,14H2,1-2H3,(H,23,26)(H,24,28)(H,25,27)/b5-3-,6-4-,18-13-/t15?,19-/m1/s1. The highest BCUT2D eigenvalue weighted by molar-refractivity contribution is 8.02. The van der Waals surface area contributed by atoms with Crippen molar-refractivity contribution in [3.8, 4) is 0 Å².